The van der Waals surface area contributed by atoms with E-state index in [0.717, 1.165) is 32.1 Å². The maximum absolute atomic E-state index is 13.3. The second-order valence-corrected chi connectivity index (χ2v) is 25.1. The molecule has 4 saturated carbocycles. The van der Waals surface area contributed by atoms with Gasteiger partial charge in [0.1, 0.15) is 79.9 Å². The fourth-order valence-corrected chi connectivity index (χ4v) is 15.7. The van der Waals surface area contributed by atoms with Gasteiger partial charge in [-0.2, -0.15) is 0 Å². The van der Waals surface area contributed by atoms with Gasteiger partial charge in [0.2, 0.25) is 0 Å². The van der Waals surface area contributed by atoms with E-state index in [2.05, 4.69) is 40.7 Å². The molecule has 19 nitrogen and oxygen atoms in total. The van der Waals surface area contributed by atoms with E-state index in [-0.39, 0.29) is 40.6 Å². The van der Waals surface area contributed by atoms with Crippen molar-refractivity contribution in [2.45, 2.75) is 232 Å². The Morgan fingerprint density at radius 3 is 2.08 bits per heavy atom. The molecular weight excluding hydrogens is 953 g/mol. The first-order valence-corrected chi connectivity index (χ1v) is 26.7. The number of aliphatic hydroxyl groups excluding tert-OH is 9. The van der Waals surface area contributed by atoms with Crippen LogP contribution in [0.2, 0.25) is 0 Å². The summed E-state index contributed by atoms with van der Waals surface area (Å²) < 4.78 is 49.3. The van der Waals surface area contributed by atoms with Crippen LogP contribution in [0.25, 0.3) is 0 Å². The molecule has 8 aliphatic rings. The zero-order chi connectivity index (χ0) is 53.7. The van der Waals surface area contributed by atoms with Crippen LogP contribution >= 0.6 is 0 Å². The van der Waals surface area contributed by atoms with Crippen molar-refractivity contribution in [1.82, 2.24) is 0 Å². The summed E-state index contributed by atoms with van der Waals surface area (Å²) in [6.07, 6.45) is -14.0. The third-order valence-electron chi connectivity index (χ3n) is 20.5. The molecule has 0 amide bonds. The average Bonchev–Trinajstić information content (AvgIpc) is 3.33. The van der Waals surface area contributed by atoms with Gasteiger partial charge in [0.25, 0.3) is 0 Å². The van der Waals surface area contributed by atoms with E-state index in [1.165, 1.54) is 19.4 Å². The number of rotatable bonds is 11. The van der Waals surface area contributed by atoms with Crippen molar-refractivity contribution in [3.8, 4) is 0 Å². The summed E-state index contributed by atoms with van der Waals surface area (Å²) >= 11 is 0. The quantitative estimate of drug-likeness (QED) is 0.0621. The molecule has 3 saturated heterocycles. The highest BCUT2D eigenvalue weighted by Gasteiger charge is 2.71. The van der Waals surface area contributed by atoms with Crippen molar-refractivity contribution in [1.29, 1.82) is 0 Å². The molecule has 24 atom stereocenters. The minimum atomic E-state index is -1.78. The fraction of sp³-hybridized carbons (Fsp3) is 0.889. The van der Waals surface area contributed by atoms with Crippen LogP contribution in [0.4, 0.5) is 0 Å². The predicted molar refractivity (Wildman–Crippen MR) is 258 cm³/mol. The number of fused-ring (bicyclic) bond motifs is 7. The average molecular weight is 1040 g/mol. The van der Waals surface area contributed by atoms with Crippen LogP contribution in [0.3, 0.4) is 0 Å². The Morgan fingerprint density at radius 2 is 1.42 bits per heavy atom. The van der Waals surface area contributed by atoms with E-state index in [1.807, 2.05) is 13.8 Å². The molecule has 0 bridgehead atoms. The van der Waals surface area contributed by atoms with E-state index in [9.17, 15) is 55.5 Å². The molecule has 19 heteroatoms. The fourth-order valence-electron chi connectivity index (χ4n) is 15.7. The third kappa shape index (κ3) is 9.40. The van der Waals surface area contributed by atoms with Crippen LogP contribution in [0.5, 0.6) is 0 Å². The molecule has 0 spiro atoms. The van der Waals surface area contributed by atoms with Crippen LogP contribution in [0.15, 0.2) is 23.3 Å². The van der Waals surface area contributed by atoms with Gasteiger partial charge < -0.3 is 83.9 Å². The molecule has 0 aromatic heterocycles. The maximum Gasteiger partial charge on any atom is 0.333 e. The summed E-state index contributed by atoms with van der Waals surface area (Å²) in [4.78, 5) is 25.8. The molecule has 3 heterocycles. The first kappa shape index (κ1) is 57.0. The highest BCUT2D eigenvalue weighted by atomic mass is 16.8. The minimum absolute atomic E-state index is 0.00737. The number of ether oxygens (including phenoxy) is 8. The third-order valence-corrected chi connectivity index (χ3v) is 20.5. The smallest absolute Gasteiger partial charge is 0.333 e. The number of allylic oxidation sites excluding steroid dienone is 3. The van der Waals surface area contributed by atoms with Crippen LogP contribution in [0, 0.1) is 50.2 Å². The van der Waals surface area contributed by atoms with Gasteiger partial charge in [-0.05, 0) is 112 Å². The summed E-state index contributed by atoms with van der Waals surface area (Å²) in [5.41, 5.74) is -0.979. The van der Waals surface area contributed by atoms with Crippen molar-refractivity contribution in [2.24, 2.45) is 50.2 Å². The highest BCUT2D eigenvalue weighted by Crippen LogP contribution is 2.76. The molecule has 24 unspecified atom stereocenters. The van der Waals surface area contributed by atoms with Gasteiger partial charge in [0, 0.05) is 23.3 Å². The standard InChI is InChI=1S/C54H86O19/c1-12-25(2)45(65)73-44-43(64)54(24-67-27(4)56)20-19-52(10)28(29(54)21-49(44,5)6)13-14-33-51(9)17-16-34(50(7,8)32(51)15-18-53(33,52)11)70-48-42(72-46-39(62)36(59)30(57)23-66-46)41(37(60)31(22-55)69-48)71-47-40(63)38(61)35(58)26(3)68-47/h12-13,26,29-44,46-48,55,57-64H,14-24H2,1-11H3. The minimum Gasteiger partial charge on any atom is -0.465 e. The van der Waals surface area contributed by atoms with Gasteiger partial charge in [0.15, 0.2) is 18.9 Å². The lowest BCUT2D eigenvalue weighted by molar-refractivity contribution is -0.394. The maximum atomic E-state index is 13.3. The van der Waals surface area contributed by atoms with Crippen molar-refractivity contribution >= 4 is 11.9 Å². The summed E-state index contributed by atoms with van der Waals surface area (Å²) in [7, 11) is 0. The van der Waals surface area contributed by atoms with Crippen LogP contribution in [-0.4, -0.2) is 182 Å². The van der Waals surface area contributed by atoms with Crippen molar-refractivity contribution in [2.75, 3.05) is 19.8 Å². The first-order chi connectivity index (χ1) is 34.0. The Balaban J connectivity index is 1.09. The van der Waals surface area contributed by atoms with E-state index in [1.54, 1.807) is 19.9 Å². The SMILES string of the molecule is CC=C(C)C(=O)OC1C(O)C2(COC(C)=O)CCC3(C)C(=CCC4C5(C)CCC(OC6OC(CO)C(O)C(OC7OC(C)C(O)C(O)C7O)C6OC6OCC(O)C(O)C6O)C(C)(C)C5CCC43C)C2CC1(C)C. The normalized spacial score (nSPS) is 50.5. The summed E-state index contributed by atoms with van der Waals surface area (Å²) in [5.74, 6) is -0.726. The lowest BCUT2D eigenvalue weighted by atomic mass is 9.33. The van der Waals surface area contributed by atoms with Crippen molar-refractivity contribution in [3.05, 3.63) is 23.3 Å². The van der Waals surface area contributed by atoms with Crippen LogP contribution < -0.4 is 0 Å². The van der Waals surface area contributed by atoms with E-state index >= 15 is 0 Å². The molecule has 8 rings (SSSR count). The molecule has 0 aromatic rings. The lowest BCUT2D eigenvalue weighted by Gasteiger charge is -2.72. The summed E-state index contributed by atoms with van der Waals surface area (Å²) in [6, 6.07) is 0. The first-order valence-electron chi connectivity index (χ1n) is 26.7. The number of carbonyl (C=O) groups is 2. The van der Waals surface area contributed by atoms with Crippen molar-refractivity contribution < 1.29 is 93.4 Å². The van der Waals surface area contributed by atoms with Crippen LogP contribution in [0.1, 0.15) is 128 Å². The molecule has 3 aliphatic heterocycles. The highest BCUT2D eigenvalue weighted by molar-refractivity contribution is 5.87. The zero-order valence-corrected chi connectivity index (χ0v) is 44.6. The number of esters is 2. The topological polar surface area (TPSA) is 290 Å². The zero-order valence-electron chi connectivity index (χ0n) is 44.6. The summed E-state index contributed by atoms with van der Waals surface area (Å²) in [6.45, 7) is 20.9. The summed E-state index contributed by atoms with van der Waals surface area (Å²) in [5, 5.41) is 99.0. The van der Waals surface area contributed by atoms with E-state index in [0.29, 0.717) is 24.8 Å². The van der Waals surface area contributed by atoms with E-state index < -0.39 is 146 Å². The second kappa shape index (κ2) is 20.6. The van der Waals surface area contributed by atoms with Crippen LogP contribution in [-0.2, 0) is 47.5 Å². The van der Waals surface area contributed by atoms with Gasteiger partial charge in [-0.15, -0.1) is 0 Å². The second-order valence-electron chi connectivity index (χ2n) is 25.1. The Kier molecular flexibility index (Phi) is 16.1. The Bertz CT molecular complexity index is 2080. The Hall–Kier alpha value is -2.18. The Morgan fingerprint density at radius 1 is 0.753 bits per heavy atom. The molecule has 0 radical (unpaired) electrons. The molecule has 9 N–H and O–H groups in total. The van der Waals surface area contributed by atoms with Gasteiger partial charge in [0.05, 0.1) is 25.4 Å². The Labute approximate surface area is 429 Å². The molecule has 73 heavy (non-hydrogen) atoms. The number of hydrogen-bond acceptors (Lipinski definition) is 19. The largest absolute Gasteiger partial charge is 0.465 e. The van der Waals surface area contributed by atoms with Gasteiger partial charge in [-0.3, -0.25) is 4.79 Å². The van der Waals surface area contributed by atoms with E-state index in [4.69, 9.17) is 37.9 Å². The number of aliphatic hydroxyl groups is 9. The van der Waals surface area contributed by atoms with Crippen molar-refractivity contribution in [3.63, 3.8) is 0 Å². The van der Waals surface area contributed by atoms with Gasteiger partial charge in [-0.25, -0.2) is 4.79 Å². The molecule has 0 aromatic carbocycles. The molecule has 7 fully saturated rings. The molecule has 5 aliphatic carbocycles. The monoisotopic (exact) mass is 1040 g/mol. The molecule has 416 valence electrons. The molecular formula is C54H86O19. The number of hydrogen-bond donors (Lipinski definition) is 9. The number of carbonyl (C=O) groups excluding carboxylic acids is 2. The lowest BCUT2D eigenvalue weighted by Crippen LogP contribution is -2.69. The van der Waals surface area contributed by atoms with Gasteiger partial charge >= 0.3 is 11.9 Å². The van der Waals surface area contributed by atoms with Gasteiger partial charge in [-0.1, -0.05) is 66.2 Å². The predicted octanol–water partition coefficient (Wildman–Crippen LogP) is 2.31.